The first-order valence-corrected chi connectivity index (χ1v) is 11.4. The van der Waals surface area contributed by atoms with E-state index >= 15 is 0 Å². The molecule has 0 atom stereocenters. The van der Waals surface area contributed by atoms with Gasteiger partial charge in [0.1, 0.15) is 5.76 Å². The summed E-state index contributed by atoms with van der Waals surface area (Å²) < 4.78 is 10.7. The number of hydrogen-bond donors (Lipinski definition) is 1. The van der Waals surface area contributed by atoms with Crippen LogP contribution in [0.2, 0.25) is 0 Å². The minimum Gasteiger partial charge on any atom is -0.502 e. The fraction of sp³-hybridized carbons (Fsp3) is 0.640. The van der Waals surface area contributed by atoms with E-state index in [2.05, 4.69) is 31.2 Å². The van der Waals surface area contributed by atoms with Crippen molar-refractivity contribution in [2.75, 3.05) is 0 Å². The molecule has 0 unspecified atom stereocenters. The molecule has 0 aliphatic heterocycles. The summed E-state index contributed by atoms with van der Waals surface area (Å²) in [6.07, 6.45) is 22.7. The summed E-state index contributed by atoms with van der Waals surface area (Å²) in [4.78, 5) is 12.0. The number of aromatic hydroxyl groups is 1. The van der Waals surface area contributed by atoms with Gasteiger partial charge in [0.05, 0.1) is 0 Å². The van der Waals surface area contributed by atoms with Crippen LogP contribution in [0.15, 0.2) is 28.7 Å². The molecule has 0 amide bonds. The van der Waals surface area contributed by atoms with E-state index in [9.17, 15) is 9.90 Å². The lowest BCUT2D eigenvalue weighted by Gasteiger charge is -2.04. The summed E-state index contributed by atoms with van der Waals surface area (Å²) in [6, 6.07) is 0. The third-order valence-electron chi connectivity index (χ3n) is 4.95. The number of furan rings is 1. The summed E-state index contributed by atoms with van der Waals surface area (Å²) >= 11 is 0. The van der Waals surface area contributed by atoms with E-state index in [0.29, 0.717) is 24.4 Å². The van der Waals surface area contributed by atoms with Gasteiger partial charge in [-0.05, 0) is 45.4 Å². The summed E-state index contributed by atoms with van der Waals surface area (Å²) in [7, 11) is 0. The van der Waals surface area contributed by atoms with Crippen molar-refractivity contribution in [1.29, 1.82) is 0 Å². The van der Waals surface area contributed by atoms with Crippen molar-refractivity contribution in [2.45, 2.75) is 104 Å². The largest absolute Gasteiger partial charge is 0.502 e. The molecule has 1 N–H and O–H groups in total. The van der Waals surface area contributed by atoms with Crippen LogP contribution in [0.5, 0.6) is 11.5 Å². The standard InChI is InChI=1S/C25H40O4/c1-4-6-7-8-9-10-11-12-13-14-15-16-17-18-19-20-23(26)29-25-22(5-2)28-21(3)24(25)27/h9-10,12-13,27H,4-8,11,14-20H2,1-3H3. The van der Waals surface area contributed by atoms with E-state index in [-0.39, 0.29) is 17.5 Å². The zero-order chi connectivity index (χ0) is 21.3. The number of rotatable bonds is 16. The van der Waals surface area contributed by atoms with Gasteiger partial charge < -0.3 is 14.3 Å². The van der Waals surface area contributed by atoms with Gasteiger partial charge in [0.25, 0.3) is 0 Å². The Morgan fingerprint density at radius 1 is 0.931 bits per heavy atom. The normalized spacial score (nSPS) is 11.7. The van der Waals surface area contributed by atoms with E-state index in [4.69, 9.17) is 9.15 Å². The zero-order valence-electron chi connectivity index (χ0n) is 18.7. The maximum absolute atomic E-state index is 12.0. The van der Waals surface area contributed by atoms with Gasteiger partial charge in [-0.2, -0.15) is 0 Å². The van der Waals surface area contributed by atoms with Crippen LogP contribution < -0.4 is 4.74 Å². The molecule has 0 aliphatic carbocycles. The first-order valence-electron chi connectivity index (χ1n) is 11.4. The highest BCUT2D eigenvalue weighted by Gasteiger charge is 2.20. The number of carbonyl (C=O) groups is 1. The molecule has 4 nitrogen and oxygen atoms in total. The van der Waals surface area contributed by atoms with Gasteiger partial charge >= 0.3 is 5.97 Å². The van der Waals surface area contributed by atoms with Crippen LogP contribution in [-0.2, 0) is 11.2 Å². The van der Waals surface area contributed by atoms with Crippen LogP contribution in [-0.4, -0.2) is 11.1 Å². The van der Waals surface area contributed by atoms with Gasteiger partial charge in [-0.3, -0.25) is 4.79 Å². The van der Waals surface area contributed by atoms with Gasteiger partial charge in [-0.15, -0.1) is 0 Å². The SMILES string of the molecule is CCCCCC=CCC=CCCCCCCCC(=O)Oc1c(CC)oc(C)c1O. The molecule has 1 heterocycles. The highest BCUT2D eigenvalue weighted by molar-refractivity contribution is 5.73. The number of carbonyl (C=O) groups excluding carboxylic acids is 1. The van der Waals surface area contributed by atoms with Crippen molar-refractivity contribution in [2.24, 2.45) is 0 Å². The van der Waals surface area contributed by atoms with Crippen molar-refractivity contribution in [3.8, 4) is 11.5 Å². The van der Waals surface area contributed by atoms with Gasteiger partial charge in [0.2, 0.25) is 11.5 Å². The molecule has 0 spiro atoms. The summed E-state index contributed by atoms with van der Waals surface area (Å²) in [5.41, 5.74) is 0. The van der Waals surface area contributed by atoms with Crippen LogP contribution >= 0.6 is 0 Å². The highest BCUT2D eigenvalue weighted by atomic mass is 16.6. The number of allylic oxidation sites excluding steroid dienone is 4. The Morgan fingerprint density at radius 2 is 1.55 bits per heavy atom. The number of unbranched alkanes of at least 4 members (excludes halogenated alkanes) is 8. The lowest BCUT2D eigenvalue weighted by atomic mass is 10.1. The fourth-order valence-corrected chi connectivity index (χ4v) is 3.16. The molecule has 0 aromatic carbocycles. The second kappa shape index (κ2) is 15.9. The predicted octanol–water partition coefficient (Wildman–Crippen LogP) is 7.57. The highest BCUT2D eigenvalue weighted by Crippen LogP contribution is 2.37. The quantitative estimate of drug-likeness (QED) is 0.175. The molecule has 0 saturated carbocycles. The second-order valence-electron chi connectivity index (χ2n) is 7.57. The van der Waals surface area contributed by atoms with Crippen molar-refractivity contribution in [3.63, 3.8) is 0 Å². The fourth-order valence-electron chi connectivity index (χ4n) is 3.16. The molecule has 29 heavy (non-hydrogen) atoms. The maximum Gasteiger partial charge on any atom is 0.311 e. The topological polar surface area (TPSA) is 59.7 Å². The summed E-state index contributed by atoms with van der Waals surface area (Å²) in [6.45, 7) is 5.79. The van der Waals surface area contributed by atoms with E-state index < -0.39 is 0 Å². The van der Waals surface area contributed by atoms with Gasteiger partial charge in [-0.1, -0.05) is 70.3 Å². The Morgan fingerprint density at radius 3 is 2.21 bits per heavy atom. The van der Waals surface area contributed by atoms with E-state index in [1.54, 1.807) is 6.92 Å². The minimum atomic E-state index is -0.304. The molecule has 1 aromatic rings. The maximum atomic E-state index is 12.0. The number of esters is 1. The average molecular weight is 405 g/mol. The summed E-state index contributed by atoms with van der Waals surface area (Å²) in [5, 5.41) is 9.92. The van der Waals surface area contributed by atoms with Crippen molar-refractivity contribution >= 4 is 5.97 Å². The Labute approximate surface area is 177 Å². The zero-order valence-corrected chi connectivity index (χ0v) is 18.7. The minimum absolute atomic E-state index is 0.0600. The van der Waals surface area contributed by atoms with Crippen LogP contribution in [0.25, 0.3) is 0 Å². The van der Waals surface area contributed by atoms with Crippen molar-refractivity contribution < 1.29 is 19.1 Å². The molecule has 4 heteroatoms. The Balaban J connectivity index is 2.02. The molecular weight excluding hydrogens is 364 g/mol. The number of hydrogen-bond acceptors (Lipinski definition) is 4. The lowest BCUT2D eigenvalue weighted by Crippen LogP contribution is -2.08. The van der Waals surface area contributed by atoms with Crippen molar-refractivity contribution in [3.05, 3.63) is 35.8 Å². The van der Waals surface area contributed by atoms with Gasteiger partial charge in [-0.25, -0.2) is 0 Å². The van der Waals surface area contributed by atoms with Crippen LogP contribution in [0, 0.1) is 6.92 Å². The van der Waals surface area contributed by atoms with E-state index in [1.807, 2.05) is 6.92 Å². The molecule has 1 aromatic heterocycles. The van der Waals surface area contributed by atoms with Crippen LogP contribution in [0.3, 0.4) is 0 Å². The Hall–Kier alpha value is -1.97. The molecule has 1 rings (SSSR count). The third kappa shape index (κ3) is 11.0. The molecule has 0 aliphatic rings. The summed E-state index contributed by atoms with van der Waals surface area (Å²) in [5.74, 6) is 0.740. The molecule has 0 bridgehead atoms. The number of ether oxygens (including phenoxy) is 1. The van der Waals surface area contributed by atoms with Crippen molar-refractivity contribution in [1.82, 2.24) is 0 Å². The van der Waals surface area contributed by atoms with E-state index in [1.165, 1.54) is 38.5 Å². The first kappa shape index (κ1) is 25.1. The molecule has 0 radical (unpaired) electrons. The average Bonchev–Trinajstić information content (AvgIpc) is 2.98. The third-order valence-corrected chi connectivity index (χ3v) is 4.95. The monoisotopic (exact) mass is 404 g/mol. The lowest BCUT2D eigenvalue weighted by molar-refractivity contribution is -0.134. The predicted molar refractivity (Wildman–Crippen MR) is 119 cm³/mol. The Kier molecular flexibility index (Phi) is 13.7. The first-order chi connectivity index (χ1) is 14.1. The molecule has 0 fully saturated rings. The van der Waals surface area contributed by atoms with Crippen LogP contribution in [0.4, 0.5) is 0 Å². The van der Waals surface area contributed by atoms with Crippen LogP contribution in [0.1, 0.15) is 102 Å². The number of aryl methyl sites for hydroxylation is 2. The smallest absolute Gasteiger partial charge is 0.311 e. The Bertz CT molecular complexity index is 625. The van der Waals surface area contributed by atoms with Gasteiger partial charge in [0.15, 0.2) is 5.76 Å². The molecule has 0 saturated heterocycles. The second-order valence-corrected chi connectivity index (χ2v) is 7.57. The van der Waals surface area contributed by atoms with Gasteiger partial charge in [0, 0.05) is 12.8 Å². The van der Waals surface area contributed by atoms with E-state index in [0.717, 1.165) is 32.1 Å². The molecule has 164 valence electrons. The molecular formula is C25H40O4.